The van der Waals surface area contributed by atoms with Crippen LogP contribution in [0.5, 0.6) is 5.75 Å². The predicted octanol–water partition coefficient (Wildman–Crippen LogP) is 3.77. The zero-order valence-electron chi connectivity index (χ0n) is 14.2. The van der Waals surface area contributed by atoms with Crippen LogP contribution in [0.3, 0.4) is 0 Å². The Labute approximate surface area is 150 Å². The number of ether oxygens (including phenoxy) is 2. The van der Waals surface area contributed by atoms with Gasteiger partial charge >= 0.3 is 5.97 Å². The number of cyclic esters (lactones) is 1. The molecule has 1 unspecified atom stereocenters. The van der Waals surface area contributed by atoms with E-state index in [-0.39, 0.29) is 0 Å². The zero-order chi connectivity index (χ0) is 18.2. The van der Waals surface area contributed by atoms with Crippen LogP contribution >= 0.6 is 11.6 Å². The molecule has 0 radical (unpaired) electrons. The van der Waals surface area contributed by atoms with E-state index in [1.807, 2.05) is 19.1 Å². The van der Waals surface area contributed by atoms with E-state index in [2.05, 4.69) is 5.32 Å². The summed E-state index contributed by atoms with van der Waals surface area (Å²) in [6, 6.07) is 10.5. The minimum atomic E-state index is -1.30. The third-order valence-corrected chi connectivity index (χ3v) is 4.70. The van der Waals surface area contributed by atoms with Gasteiger partial charge in [0.05, 0.1) is 18.4 Å². The number of aryl methyl sites for hydroxylation is 1. The molecule has 1 amide bonds. The summed E-state index contributed by atoms with van der Waals surface area (Å²) >= 11 is 6.09. The van der Waals surface area contributed by atoms with E-state index in [0.717, 1.165) is 11.1 Å². The Hall–Kier alpha value is -2.53. The lowest BCUT2D eigenvalue weighted by atomic mass is 9.89. The van der Waals surface area contributed by atoms with Crippen LogP contribution in [-0.2, 0) is 16.0 Å². The summed E-state index contributed by atoms with van der Waals surface area (Å²) < 4.78 is 10.7. The number of halogens is 1. The van der Waals surface area contributed by atoms with Gasteiger partial charge in [-0.05, 0) is 37.1 Å². The highest BCUT2D eigenvalue weighted by molar-refractivity contribution is 6.31. The molecule has 2 aromatic rings. The number of amides is 1. The number of anilines is 1. The lowest BCUT2D eigenvalue weighted by Gasteiger charge is -2.33. The molecule has 0 bridgehead atoms. The Morgan fingerprint density at radius 2 is 2.04 bits per heavy atom. The van der Waals surface area contributed by atoms with Gasteiger partial charge in [0.2, 0.25) is 0 Å². The van der Waals surface area contributed by atoms with E-state index < -0.39 is 17.5 Å². The molecule has 1 heterocycles. The molecule has 25 heavy (non-hydrogen) atoms. The molecule has 1 aliphatic rings. The van der Waals surface area contributed by atoms with Crippen molar-refractivity contribution in [1.82, 2.24) is 0 Å². The predicted molar refractivity (Wildman–Crippen MR) is 95.3 cm³/mol. The number of hydrogen-bond donors (Lipinski definition) is 1. The van der Waals surface area contributed by atoms with Gasteiger partial charge in [-0.25, -0.2) is 4.79 Å². The molecule has 2 aromatic carbocycles. The summed E-state index contributed by atoms with van der Waals surface area (Å²) in [4.78, 5) is 25.1. The standard InChI is InChI=1S/C19H18ClNO4/c1-11-8-15(16(24-3)9-14(11)20)21-18(23)19(2)10-12-6-4-5-7-13(12)17(22)25-19/h4-9H,10H2,1-3H3,(H,21,23). The van der Waals surface area contributed by atoms with Crippen LogP contribution in [0.4, 0.5) is 5.69 Å². The van der Waals surface area contributed by atoms with Gasteiger partial charge in [0.1, 0.15) is 5.75 Å². The average Bonchev–Trinajstić information content (AvgIpc) is 2.57. The van der Waals surface area contributed by atoms with Crippen molar-refractivity contribution in [2.24, 2.45) is 0 Å². The molecule has 0 fully saturated rings. The molecule has 130 valence electrons. The molecule has 1 atom stereocenters. The normalized spacial score (nSPS) is 19.0. The lowest BCUT2D eigenvalue weighted by Crippen LogP contribution is -2.48. The molecular weight excluding hydrogens is 342 g/mol. The van der Waals surface area contributed by atoms with Gasteiger partial charge in [0, 0.05) is 17.5 Å². The lowest BCUT2D eigenvalue weighted by molar-refractivity contribution is -0.134. The van der Waals surface area contributed by atoms with Gasteiger partial charge in [-0.1, -0.05) is 29.8 Å². The van der Waals surface area contributed by atoms with E-state index in [4.69, 9.17) is 21.1 Å². The van der Waals surface area contributed by atoms with Crippen LogP contribution in [0, 0.1) is 6.92 Å². The van der Waals surface area contributed by atoms with E-state index in [1.54, 1.807) is 31.2 Å². The van der Waals surface area contributed by atoms with E-state index in [0.29, 0.717) is 28.4 Å². The molecule has 6 heteroatoms. The van der Waals surface area contributed by atoms with Crippen LogP contribution in [0.25, 0.3) is 0 Å². The second kappa shape index (κ2) is 6.41. The number of carbonyl (C=O) groups is 2. The van der Waals surface area contributed by atoms with Crippen molar-refractivity contribution >= 4 is 29.2 Å². The first kappa shape index (κ1) is 17.3. The van der Waals surface area contributed by atoms with Crippen LogP contribution in [-0.4, -0.2) is 24.6 Å². The summed E-state index contributed by atoms with van der Waals surface area (Å²) in [6.07, 6.45) is 0.301. The van der Waals surface area contributed by atoms with Crippen LogP contribution in [0.2, 0.25) is 5.02 Å². The second-order valence-electron chi connectivity index (χ2n) is 6.21. The average molecular weight is 360 g/mol. The first-order chi connectivity index (χ1) is 11.8. The third kappa shape index (κ3) is 3.20. The van der Waals surface area contributed by atoms with E-state index in [9.17, 15) is 9.59 Å². The Morgan fingerprint density at radius 3 is 2.76 bits per heavy atom. The summed E-state index contributed by atoms with van der Waals surface area (Å²) in [5, 5.41) is 3.33. The topological polar surface area (TPSA) is 64.6 Å². The molecular formula is C19H18ClNO4. The molecule has 0 saturated carbocycles. The fourth-order valence-corrected chi connectivity index (χ4v) is 3.00. The van der Waals surface area contributed by atoms with E-state index in [1.165, 1.54) is 7.11 Å². The summed E-state index contributed by atoms with van der Waals surface area (Å²) in [5.41, 5.74) is 1.26. The van der Waals surface area contributed by atoms with Gasteiger partial charge in [-0.15, -0.1) is 0 Å². The molecule has 1 aliphatic heterocycles. The van der Waals surface area contributed by atoms with Crippen molar-refractivity contribution in [2.75, 3.05) is 12.4 Å². The maximum atomic E-state index is 12.8. The molecule has 0 aromatic heterocycles. The SMILES string of the molecule is COc1cc(Cl)c(C)cc1NC(=O)C1(C)Cc2ccccc2C(=O)O1. The van der Waals surface area contributed by atoms with Crippen molar-refractivity contribution in [1.29, 1.82) is 0 Å². The molecule has 0 saturated heterocycles. The monoisotopic (exact) mass is 359 g/mol. The largest absolute Gasteiger partial charge is 0.495 e. The quantitative estimate of drug-likeness (QED) is 0.847. The fourth-order valence-electron chi connectivity index (χ4n) is 2.84. The molecule has 0 aliphatic carbocycles. The second-order valence-corrected chi connectivity index (χ2v) is 6.62. The smallest absolute Gasteiger partial charge is 0.339 e. The maximum absolute atomic E-state index is 12.8. The number of esters is 1. The number of rotatable bonds is 3. The summed E-state index contributed by atoms with van der Waals surface area (Å²) in [7, 11) is 1.50. The Morgan fingerprint density at radius 1 is 1.32 bits per heavy atom. The van der Waals surface area contributed by atoms with E-state index >= 15 is 0 Å². The van der Waals surface area contributed by atoms with Gasteiger partial charge in [0.15, 0.2) is 5.60 Å². The highest BCUT2D eigenvalue weighted by Gasteiger charge is 2.42. The highest BCUT2D eigenvalue weighted by Crippen LogP contribution is 2.33. The van der Waals surface area contributed by atoms with Gasteiger partial charge in [-0.2, -0.15) is 0 Å². The molecule has 1 N–H and O–H groups in total. The fraction of sp³-hybridized carbons (Fsp3) is 0.263. The summed E-state index contributed by atoms with van der Waals surface area (Å²) in [5.74, 6) is -0.482. The first-order valence-corrected chi connectivity index (χ1v) is 8.18. The molecule has 0 spiro atoms. The highest BCUT2D eigenvalue weighted by atomic mass is 35.5. The minimum absolute atomic E-state index is 0.301. The number of benzene rings is 2. The summed E-state index contributed by atoms with van der Waals surface area (Å²) in [6.45, 7) is 3.43. The van der Waals surface area contributed by atoms with Crippen molar-refractivity contribution in [3.05, 3.63) is 58.1 Å². The van der Waals surface area contributed by atoms with Crippen molar-refractivity contribution in [3.8, 4) is 5.75 Å². The number of hydrogen-bond acceptors (Lipinski definition) is 4. The maximum Gasteiger partial charge on any atom is 0.339 e. The Kier molecular flexibility index (Phi) is 4.43. The third-order valence-electron chi connectivity index (χ3n) is 4.29. The van der Waals surface area contributed by atoms with Crippen molar-refractivity contribution in [3.63, 3.8) is 0 Å². The molecule has 3 rings (SSSR count). The van der Waals surface area contributed by atoms with Gasteiger partial charge < -0.3 is 14.8 Å². The van der Waals surface area contributed by atoms with Crippen molar-refractivity contribution < 1.29 is 19.1 Å². The number of fused-ring (bicyclic) bond motifs is 1. The minimum Gasteiger partial charge on any atom is -0.495 e. The van der Waals surface area contributed by atoms with Crippen LogP contribution in [0.15, 0.2) is 36.4 Å². The first-order valence-electron chi connectivity index (χ1n) is 7.81. The van der Waals surface area contributed by atoms with Gasteiger partial charge in [0.25, 0.3) is 5.91 Å². The number of nitrogens with one attached hydrogen (secondary N) is 1. The van der Waals surface area contributed by atoms with Crippen LogP contribution < -0.4 is 10.1 Å². The van der Waals surface area contributed by atoms with Crippen LogP contribution in [0.1, 0.15) is 28.4 Å². The Bertz CT molecular complexity index is 864. The van der Waals surface area contributed by atoms with Crippen molar-refractivity contribution in [2.45, 2.75) is 25.9 Å². The number of methoxy groups -OCH3 is 1. The zero-order valence-corrected chi connectivity index (χ0v) is 14.9. The van der Waals surface area contributed by atoms with Gasteiger partial charge in [-0.3, -0.25) is 4.79 Å². The Balaban J connectivity index is 1.89. The molecule has 5 nitrogen and oxygen atoms in total. The number of carbonyl (C=O) groups excluding carboxylic acids is 2.